The Bertz CT molecular complexity index is 580. The molecular formula is C21H31NO3. The summed E-state index contributed by atoms with van der Waals surface area (Å²) < 4.78 is 11.1. The second kappa shape index (κ2) is 8.61. The fraction of sp³-hybridized carbons (Fsp3) is 0.619. The summed E-state index contributed by atoms with van der Waals surface area (Å²) in [6.07, 6.45) is 10.6. The Balaban J connectivity index is 0.000000150. The van der Waals surface area contributed by atoms with E-state index >= 15 is 0 Å². The molecule has 4 heteroatoms. The molecule has 1 saturated heterocycles. The van der Waals surface area contributed by atoms with Crippen LogP contribution in [0.4, 0.5) is 0 Å². The molecule has 0 radical (unpaired) electrons. The first-order chi connectivity index (χ1) is 12.2. The molecule has 0 bridgehead atoms. The van der Waals surface area contributed by atoms with Crippen LogP contribution in [0.25, 0.3) is 0 Å². The first-order valence-corrected chi connectivity index (χ1v) is 9.58. The number of allylic oxidation sites excluding steroid dienone is 1. The number of methoxy groups -OCH3 is 1. The maximum atomic E-state index is 9.37. The lowest BCUT2D eigenvalue weighted by Gasteiger charge is -2.24. The summed E-state index contributed by atoms with van der Waals surface area (Å²) in [6.45, 7) is 1.17. The molecule has 1 aromatic rings. The van der Waals surface area contributed by atoms with Gasteiger partial charge in [-0.1, -0.05) is 12.1 Å². The van der Waals surface area contributed by atoms with E-state index in [2.05, 4.69) is 11.9 Å². The van der Waals surface area contributed by atoms with E-state index < -0.39 is 0 Å². The standard InChI is InChI=1S/C12H16O2.C9H15NO/c1-13-11-8-4-5-9-12(11)14-10-6-2-3-7-10;1-10-5-4-7-2-3-8(11)6-9(7)10/h4-5,8-10H,2-3,6-7H2,1H3;6-8,11H,2-5H2,1H3. The third-order valence-electron chi connectivity index (χ3n) is 5.51. The van der Waals surface area contributed by atoms with Gasteiger partial charge in [-0.15, -0.1) is 0 Å². The van der Waals surface area contributed by atoms with Gasteiger partial charge in [-0.2, -0.15) is 0 Å². The fourth-order valence-corrected chi connectivity index (χ4v) is 4.05. The van der Waals surface area contributed by atoms with E-state index in [1.54, 1.807) is 7.11 Å². The topological polar surface area (TPSA) is 41.9 Å². The van der Waals surface area contributed by atoms with Gasteiger partial charge in [-0.05, 0) is 63.2 Å². The van der Waals surface area contributed by atoms with Crippen molar-refractivity contribution in [3.05, 3.63) is 36.0 Å². The van der Waals surface area contributed by atoms with Gasteiger partial charge < -0.3 is 19.5 Å². The lowest BCUT2D eigenvalue weighted by atomic mass is 9.91. The highest BCUT2D eigenvalue weighted by molar-refractivity contribution is 5.39. The van der Waals surface area contributed by atoms with Crippen molar-refractivity contribution in [2.45, 2.75) is 57.2 Å². The number of aliphatic hydroxyl groups is 1. The second-order valence-corrected chi connectivity index (χ2v) is 7.32. The molecule has 138 valence electrons. The number of hydrogen-bond donors (Lipinski definition) is 1. The Kier molecular flexibility index (Phi) is 6.24. The van der Waals surface area contributed by atoms with Gasteiger partial charge in [-0.3, -0.25) is 0 Å². The average Bonchev–Trinajstić information content (AvgIpc) is 3.26. The molecule has 4 rings (SSSR count). The Morgan fingerprint density at radius 1 is 1.00 bits per heavy atom. The SMILES string of the molecule is CN1CCC2CCC(O)C=C21.COc1ccccc1OC1CCCC1. The van der Waals surface area contributed by atoms with Crippen molar-refractivity contribution in [2.75, 3.05) is 20.7 Å². The van der Waals surface area contributed by atoms with Crippen molar-refractivity contribution in [3.8, 4) is 11.5 Å². The monoisotopic (exact) mass is 345 g/mol. The van der Waals surface area contributed by atoms with Gasteiger partial charge in [0.25, 0.3) is 0 Å². The molecule has 1 N–H and O–H groups in total. The van der Waals surface area contributed by atoms with Crippen LogP contribution < -0.4 is 9.47 Å². The summed E-state index contributed by atoms with van der Waals surface area (Å²) >= 11 is 0. The first-order valence-electron chi connectivity index (χ1n) is 9.58. The number of ether oxygens (including phenoxy) is 2. The number of fused-ring (bicyclic) bond motifs is 1. The number of nitrogens with zero attached hydrogens (tertiary/aromatic N) is 1. The molecule has 1 saturated carbocycles. The molecule has 1 aliphatic heterocycles. The predicted octanol–water partition coefficient (Wildman–Crippen LogP) is 3.99. The van der Waals surface area contributed by atoms with Crippen molar-refractivity contribution in [1.29, 1.82) is 0 Å². The molecule has 2 unspecified atom stereocenters. The van der Waals surface area contributed by atoms with E-state index in [1.807, 2.05) is 30.3 Å². The van der Waals surface area contributed by atoms with Gasteiger partial charge in [0.05, 0.1) is 19.3 Å². The molecule has 0 amide bonds. The van der Waals surface area contributed by atoms with Gasteiger partial charge in [0.15, 0.2) is 11.5 Å². The zero-order chi connectivity index (χ0) is 17.6. The number of benzene rings is 1. The zero-order valence-electron chi connectivity index (χ0n) is 15.5. The van der Waals surface area contributed by atoms with E-state index in [-0.39, 0.29) is 6.10 Å². The van der Waals surface area contributed by atoms with Crippen LogP contribution in [0.2, 0.25) is 0 Å². The normalized spacial score (nSPS) is 25.7. The van der Waals surface area contributed by atoms with E-state index in [0.717, 1.165) is 23.8 Å². The molecular weight excluding hydrogens is 314 g/mol. The van der Waals surface area contributed by atoms with Crippen molar-refractivity contribution in [1.82, 2.24) is 4.90 Å². The maximum Gasteiger partial charge on any atom is 0.161 e. The van der Waals surface area contributed by atoms with E-state index in [0.29, 0.717) is 6.10 Å². The van der Waals surface area contributed by atoms with Crippen LogP contribution in [0.5, 0.6) is 11.5 Å². The Morgan fingerprint density at radius 3 is 2.44 bits per heavy atom. The molecule has 1 heterocycles. The highest BCUT2D eigenvalue weighted by Gasteiger charge is 2.29. The molecule has 0 aromatic heterocycles. The van der Waals surface area contributed by atoms with Crippen molar-refractivity contribution in [2.24, 2.45) is 5.92 Å². The zero-order valence-corrected chi connectivity index (χ0v) is 15.5. The lowest BCUT2D eigenvalue weighted by molar-refractivity contribution is 0.189. The summed E-state index contributed by atoms with van der Waals surface area (Å²) in [5.74, 6) is 2.46. The highest BCUT2D eigenvalue weighted by atomic mass is 16.5. The molecule has 2 atom stereocenters. The van der Waals surface area contributed by atoms with Crippen molar-refractivity contribution < 1.29 is 14.6 Å². The second-order valence-electron chi connectivity index (χ2n) is 7.32. The molecule has 25 heavy (non-hydrogen) atoms. The molecule has 1 aromatic carbocycles. The van der Waals surface area contributed by atoms with Crippen LogP contribution >= 0.6 is 0 Å². The van der Waals surface area contributed by atoms with Crippen molar-refractivity contribution in [3.63, 3.8) is 0 Å². The van der Waals surface area contributed by atoms with Crippen LogP contribution in [-0.2, 0) is 0 Å². The van der Waals surface area contributed by atoms with E-state index in [1.165, 1.54) is 50.8 Å². The Labute approximate surface area is 151 Å². The van der Waals surface area contributed by atoms with Gasteiger partial charge in [0.1, 0.15) is 0 Å². The Morgan fingerprint density at radius 2 is 1.72 bits per heavy atom. The fourth-order valence-electron chi connectivity index (χ4n) is 4.05. The highest BCUT2D eigenvalue weighted by Crippen LogP contribution is 2.34. The third-order valence-corrected chi connectivity index (χ3v) is 5.51. The minimum Gasteiger partial charge on any atom is -0.493 e. The van der Waals surface area contributed by atoms with Gasteiger partial charge >= 0.3 is 0 Å². The summed E-state index contributed by atoms with van der Waals surface area (Å²) in [6, 6.07) is 7.84. The van der Waals surface area contributed by atoms with Crippen LogP contribution in [-0.4, -0.2) is 42.9 Å². The van der Waals surface area contributed by atoms with E-state index in [9.17, 15) is 5.11 Å². The minimum atomic E-state index is -0.179. The number of aliphatic hydroxyl groups excluding tert-OH is 1. The summed E-state index contributed by atoms with van der Waals surface area (Å²) in [7, 11) is 3.79. The summed E-state index contributed by atoms with van der Waals surface area (Å²) in [4.78, 5) is 2.27. The first kappa shape index (κ1) is 18.1. The lowest BCUT2D eigenvalue weighted by Crippen LogP contribution is -2.20. The minimum absolute atomic E-state index is 0.179. The Hall–Kier alpha value is -1.68. The van der Waals surface area contributed by atoms with Gasteiger partial charge in [-0.25, -0.2) is 0 Å². The molecule has 4 nitrogen and oxygen atoms in total. The van der Waals surface area contributed by atoms with Crippen LogP contribution in [0.1, 0.15) is 44.9 Å². The number of rotatable bonds is 3. The molecule has 0 spiro atoms. The number of likely N-dealkylation sites (tertiary alicyclic amines) is 1. The van der Waals surface area contributed by atoms with Gasteiger partial charge in [0.2, 0.25) is 0 Å². The predicted molar refractivity (Wildman–Crippen MR) is 99.9 cm³/mol. The van der Waals surface area contributed by atoms with E-state index in [4.69, 9.17) is 9.47 Å². The van der Waals surface area contributed by atoms with Gasteiger partial charge in [0, 0.05) is 25.2 Å². The quantitative estimate of drug-likeness (QED) is 0.899. The molecule has 2 aliphatic carbocycles. The summed E-state index contributed by atoms with van der Waals surface area (Å²) in [5.41, 5.74) is 1.38. The van der Waals surface area contributed by atoms with Crippen LogP contribution in [0.15, 0.2) is 36.0 Å². The maximum absolute atomic E-state index is 9.37. The van der Waals surface area contributed by atoms with Crippen LogP contribution in [0, 0.1) is 5.92 Å². The van der Waals surface area contributed by atoms with Crippen molar-refractivity contribution >= 4 is 0 Å². The average molecular weight is 345 g/mol. The smallest absolute Gasteiger partial charge is 0.161 e. The summed E-state index contributed by atoms with van der Waals surface area (Å²) in [5, 5.41) is 9.37. The largest absolute Gasteiger partial charge is 0.493 e. The number of para-hydroxylation sites is 2. The van der Waals surface area contributed by atoms with Crippen LogP contribution in [0.3, 0.4) is 0 Å². The third kappa shape index (κ3) is 4.69. The molecule has 2 fully saturated rings. The number of hydrogen-bond acceptors (Lipinski definition) is 4. The molecule has 3 aliphatic rings.